The average Bonchev–Trinajstić information content (AvgIpc) is 2.13. The topological polar surface area (TPSA) is 98.3 Å². The summed E-state index contributed by atoms with van der Waals surface area (Å²) in [5.74, 6) is -0.399. The molecule has 0 aliphatic heterocycles. The van der Waals surface area contributed by atoms with Crippen LogP contribution in [0.1, 0.15) is 20.3 Å². The number of carbonyl (C=O) groups is 1. The highest BCUT2D eigenvalue weighted by molar-refractivity contribution is 14.1. The van der Waals surface area contributed by atoms with Crippen molar-refractivity contribution in [3.05, 3.63) is 31.9 Å². The van der Waals surface area contributed by atoms with E-state index in [2.05, 4.69) is 5.32 Å². The Kier molecular flexibility index (Phi) is 4.49. The number of amides is 1. The van der Waals surface area contributed by atoms with Gasteiger partial charge in [-0.1, -0.05) is 0 Å². The normalized spacial score (nSPS) is 11.1. The minimum Gasteiger partial charge on any atom is -0.380 e. The molecule has 0 radical (unpaired) electrons. The summed E-state index contributed by atoms with van der Waals surface area (Å²) < 4.78 is 0.539. The second kappa shape index (κ2) is 5.51. The molecule has 1 amide bonds. The molecule has 0 saturated heterocycles. The third-order valence-electron chi connectivity index (χ3n) is 2.24. The highest BCUT2D eigenvalue weighted by Gasteiger charge is 2.21. The van der Waals surface area contributed by atoms with Gasteiger partial charge in [-0.2, -0.15) is 0 Å². The summed E-state index contributed by atoms with van der Waals surface area (Å²) in [6.45, 7) is 3.68. The summed E-state index contributed by atoms with van der Waals surface area (Å²) in [7, 11) is 0. The van der Waals surface area contributed by atoms with Crippen LogP contribution in [-0.4, -0.2) is 16.4 Å². The van der Waals surface area contributed by atoms with Gasteiger partial charge in [0.15, 0.2) is 0 Å². The summed E-state index contributed by atoms with van der Waals surface area (Å²) in [6, 6.07) is 4.72. The first-order valence-electron chi connectivity index (χ1n) is 5.22. The molecule has 0 atom stereocenters. The Labute approximate surface area is 118 Å². The van der Waals surface area contributed by atoms with Crippen molar-refractivity contribution in [2.75, 3.05) is 5.32 Å². The van der Waals surface area contributed by atoms with Gasteiger partial charge in [0.2, 0.25) is 5.91 Å². The van der Waals surface area contributed by atoms with E-state index in [0.717, 1.165) is 5.69 Å². The molecule has 0 bridgehead atoms. The van der Waals surface area contributed by atoms with Crippen LogP contribution in [0, 0.1) is 13.7 Å². The largest absolute Gasteiger partial charge is 0.380 e. The van der Waals surface area contributed by atoms with Crippen molar-refractivity contribution in [2.45, 2.75) is 25.8 Å². The maximum Gasteiger partial charge on any atom is 0.282 e. The van der Waals surface area contributed by atoms with Gasteiger partial charge in [0, 0.05) is 23.7 Å². The summed E-state index contributed by atoms with van der Waals surface area (Å²) >= 11 is 1.90. The standard InChI is InChI=1S/C11H14IN3O3/c1-11(2,6-10(13)16)14-7-3-4-9(15(17)18)8(12)5-7/h3-5,14H,6H2,1-2H3,(H2,13,16). The summed E-state index contributed by atoms with van der Waals surface area (Å²) in [4.78, 5) is 21.2. The monoisotopic (exact) mass is 363 g/mol. The Balaban J connectivity index is 2.89. The van der Waals surface area contributed by atoms with E-state index in [1.807, 2.05) is 36.4 Å². The molecule has 1 aromatic carbocycles. The molecular formula is C11H14IN3O3. The lowest BCUT2D eigenvalue weighted by molar-refractivity contribution is -0.385. The fraction of sp³-hybridized carbons (Fsp3) is 0.364. The highest BCUT2D eigenvalue weighted by atomic mass is 127. The van der Waals surface area contributed by atoms with E-state index in [9.17, 15) is 14.9 Å². The third kappa shape index (κ3) is 4.13. The molecule has 6 nitrogen and oxygen atoms in total. The predicted octanol–water partition coefficient (Wildman–Crippen LogP) is 2.27. The molecule has 0 fully saturated rings. The molecule has 0 heterocycles. The van der Waals surface area contributed by atoms with Crippen molar-refractivity contribution in [2.24, 2.45) is 5.73 Å². The first-order chi connectivity index (χ1) is 8.21. The van der Waals surface area contributed by atoms with Crippen LogP contribution >= 0.6 is 22.6 Å². The molecule has 0 saturated carbocycles. The molecule has 1 rings (SSSR count). The van der Waals surface area contributed by atoms with Gasteiger partial charge in [-0.25, -0.2) is 0 Å². The molecule has 0 aliphatic carbocycles. The van der Waals surface area contributed by atoms with Crippen molar-refractivity contribution in [1.29, 1.82) is 0 Å². The van der Waals surface area contributed by atoms with Gasteiger partial charge in [-0.05, 0) is 48.6 Å². The van der Waals surface area contributed by atoms with Crippen molar-refractivity contribution >= 4 is 39.9 Å². The van der Waals surface area contributed by atoms with Crippen LogP contribution in [0.3, 0.4) is 0 Å². The van der Waals surface area contributed by atoms with Crippen LogP contribution in [-0.2, 0) is 4.79 Å². The van der Waals surface area contributed by atoms with E-state index in [1.54, 1.807) is 12.1 Å². The SMILES string of the molecule is CC(C)(CC(N)=O)Nc1ccc([N+](=O)[O-])c(I)c1. The number of hydrogen-bond acceptors (Lipinski definition) is 4. The summed E-state index contributed by atoms with van der Waals surface area (Å²) in [5.41, 5.74) is 5.44. The van der Waals surface area contributed by atoms with Crippen molar-refractivity contribution in [1.82, 2.24) is 0 Å². The van der Waals surface area contributed by atoms with E-state index in [-0.39, 0.29) is 12.1 Å². The zero-order chi connectivity index (χ0) is 13.9. The number of rotatable bonds is 5. The average molecular weight is 363 g/mol. The molecule has 0 aromatic heterocycles. The maximum atomic E-state index is 10.9. The Morgan fingerprint density at radius 1 is 1.56 bits per heavy atom. The van der Waals surface area contributed by atoms with Gasteiger partial charge in [-0.3, -0.25) is 14.9 Å². The second-order valence-corrected chi connectivity index (χ2v) is 5.74. The predicted molar refractivity (Wildman–Crippen MR) is 77.3 cm³/mol. The summed E-state index contributed by atoms with van der Waals surface area (Å²) in [6.07, 6.45) is 0.181. The lowest BCUT2D eigenvalue weighted by Crippen LogP contribution is -2.36. The minimum absolute atomic E-state index is 0.0638. The van der Waals surface area contributed by atoms with E-state index in [1.165, 1.54) is 6.07 Å². The Bertz CT molecular complexity index is 488. The minimum atomic E-state index is -0.495. The number of carbonyl (C=O) groups excluding carboxylic acids is 1. The molecule has 0 spiro atoms. The number of nitrogens with two attached hydrogens (primary N) is 1. The smallest absolute Gasteiger partial charge is 0.282 e. The number of benzene rings is 1. The van der Waals surface area contributed by atoms with Crippen LogP contribution in [0.4, 0.5) is 11.4 Å². The van der Waals surface area contributed by atoms with E-state index in [0.29, 0.717) is 3.57 Å². The number of hydrogen-bond donors (Lipinski definition) is 2. The Morgan fingerprint density at radius 2 is 2.17 bits per heavy atom. The van der Waals surface area contributed by atoms with Crippen molar-refractivity contribution < 1.29 is 9.72 Å². The quantitative estimate of drug-likeness (QED) is 0.476. The molecule has 0 aliphatic rings. The van der Waals surface area contributed by atoms with Crippen LogP contribution < -0.4 is 11.1 Å². The van der Waals surface area contributed by atoms with Crippen LogP contribution in [0.25, 0.3) is 0 Å². The number of nitro groups is 1. The molecule has 7 heteroatoms. The van der Waals surface area contributed by atoms with Gasteiger partial charge in [0.25, 0.3) is 5.69 Å². The number of halogens is 1. The first-order valence-corrected chi connectivity index (χ1v) is 6.29. The van der Waals surface area contributed by atoms with Gasteiger partial charge in [0.05, 0.1) is 8.49 Å². The number of nitrogens with one attached hydrogen (secondary N) is 1. The van der Waals surface area contributed by atoms with Gasteiger partial charge >= 0.3 is 0 Å². The Hall–Kier alpha value is -1.38. The highest BCUT2D eigenvalue weighted by Crippen LogP contribution is 2.26. The fourth-order valence-electron chi connectivity index (χ4n) is 1.60. The number of primary amides is 1. The lowest BCUT2D eigenvalue weighted by Gasteiger charge is -2.26. The molecule has 18 heavy (non-hydrogen) atoms. The first kappa shape index (κ1) is 14.7. The van der Waals surface area contributed by atoms with Gasteiger partial charge < -0.3 is 11.1 Å². The van der Waals surface area contributed by atoms with E-state index in [4.69, 9.17) is 5.73 Å². The Morgan fingerprint density at radius 3 is 2.61 bits per heavy atom. The van der Waals surface area contributed by atoms with E-state index >= 15 is 0 Å². The lowest BCUT2D eigenvalue weighted by atomic mass is 10.00. The van der Waals surface area contributed by atoms with Gasteiger partial charge in [-0.15, -0.1) is 0 Å². The maximum absolute atomic E-state index is 10.9. The zero-order valence-electron chi connectivity index (χ0n) is 10.1. The van der Waals surface area contributed by atoms with Crippen molar-refractivity contribution in [3.8, 4) is 0 Å². The molecular weight excluding hydrogens is 349 g/mol. The molecule has 3 N–H and O–H groups in total. The van der Waals surface area contributed by atoms with Crippen LogP contribution in [0.2, 0.25) is 0 Å². The number of nitro benzene ring substituents is 1. The van der Waals surface area contributed by atoms with E-state index < -0.39 is 16.4 Å². The number of nitrogens with zero attached hydrogens (tertiary/aromatic N) is 1. The number of anilines is 1. The zero-order valence-corrected chi connectivity index (χ0v) is 12.2. The summed E-state index contributed by atoms with van der Waals surface area (Å²) in [5, 5.41) is 13.8. The fourth-order valence-corrected chi connectivity index (χ4v) is 2.32. The van der Waals surface area contributed by atoms with Crippen LogP contribution in [0.5, 0.6) is 0 Å². The second-order valence-electron chi connectivity index (χ2n) is 4.58. The van der Waals surface area contributed by atoms with Crippen LogP contribution in [0.15, 0.2) is 18.2 Å². The molecule has 0 unspecified atom stereocenters. The van der Waals surface area contributed by atoms with Gasteiger partial charge in [0.1, 0.15) is 0 Å². The molecule has 98 valence electrons. The van der Waals surface area contributed by atoms with Crippen molar-refractivity contribution in [3.63, 3.8) is 0 Å². The third-order valence-corrected chi connectivity index (χ3v) is 3.11. The molecule has 1 aromatic rings.